The summed E-state index contributed by atoms with van der Waals surface area (Å²) in [6.45, 7) is 4.41. The van der Waals surface area contributed by atoms with Gasteiger partial charge in [0.1, 0.15) is 0 Å². The number of hydrogen-bond donors (Lipinski definition) is 0. The van der Waals surface area contributed by atoms with E-state index in [1.807, 2.05) is 12.1 Å². The van der Waals surface area contributed by atoms with Gasteiger partial charge in [-0.15, -0.1) is 0 Å². The fourth-order valence-electron chi connectivity index (χ4n) is 5.80. The van der Waals surface area contributed by atoms with Crippen molar-refractivity contribution in [3.63, 3.8) is 0 Å². The van der Waals surface area contributed by atoms with E-state index in [0.717, 1.165) is 24.3 Å². The number of hydrogen-bond acceptors (Lipinski definition) is 1. The molecular formula is C31H40F2O. The van der Waals surface area contributed by atoms with E-state index < -0.39 is 6.11 Å². The molecule has 2 fully saturated rings. The molecule has 0 unspecified atom stereocenters. The summed E-state index contributed by atoms with van der Waals surface area (Å²) in [6.07, 6.45) is 11.4. The maximum atomic E-state index is 14.7. The van der Waals surface area contributed by atoms with Gasteiger partial charge in [0.25, 0.3) is 0 Å². The molecule has 2 aromatic rings. The maximum absolute atomic E-state index is 14.7. The third-order valence-electron chi connectivity index (χ3n) is 8.10. The number of ether oxygens (including phenoxy) is 1. The summed E-state index contributed by atoms with van der Waals surface area (Å²) in [5.41, 5.74) is 3.55. The minimum atomic E-state index is -3.26. The molecule has 0 amide bonds. The highest BCUT2D eigenvalue weighted by atomic mass is 19.3. The molecule has 0 saturated heterocycles. The van der Waals surface area contributed by atoms with Crippen LogP contribution in [0.1, 0.15) is 99.3 Å². The first-order valence-electron chi connectivity index (χ1n) is 13.3. The zero-order valence-electron chi connectivity index (χ0n) is 20.8. The standard InChI is InChI=1S/C31H40F2O/c1-3-4-24-7-13-28(14-8-24)29-17-19-30(20-18-29)31(32,33)34-22-21-25-9-15-27(16-10-25)26-11-5-23(2)6-12-26/h3-4,9-10,15-20,23-24,26,28H,5-8,11-14,21-22H2,1-2H3. The van der Waals surface area contributed by atoms with Crippen molar-refractivity contribution in [3.8, 4) is 0 Å². The Hall–Kier alpha value is -2.00. The highest BCUT2D eigenvalue weighted by molar-refractivity contribution is 5.28. The minimum absolute atomic E-state index is 0.00397. The van der Waals surface area contributed by atoms with Crippen molar-refractivity contribution >= 4 is 0 Å². The Morgan fingerprint density at radius 3 is 1.88 bits per heavy atom. The van der Waals surface area contributed by atoms with E-state index in [4.69, 9.17) is 4.74 Å². The molecule has 2 saturated carbocycles. The van der Waals surface area contributed by atoms with Gasteiger partial charge in [0.15, 0.2) is 0 Å². The third-order valence-corrected chi connectivity index (χ3v) is 8.10. The van der Waals surface area contributed by atoms with Crippen LogP contribution in [0.3, 0.4) is 0 Å². The van der Waals surface area contributed by atoms with Gasteiger partial charge >= 0.3 is 6.11 Å². The summed E-state index contributed by atoms with van der Waals surface area (Å²) < 4.78 is 34.4. The lowest BCUT2D eigenvalue weighted by Gasteiger charge is -2.27. The summed E-state index contributed by atoms with van der Waals surface area (Å²) in [5, 5.41) is 0. The lowest BCUT2D eigenvalue weighted by Crippen LogP contribution is -2.20. The topological polar surface area (TPSA) is 9.23 Å². The van der Waals surface area contributed by atoms with Crippen molar-refractivity contribution in [2.45, 2.75) is 89.6 Å². The van der Waals surface area contributed by atoms with Gasteiger partial charge in [0.05, 0.1) is 12.2 Å². The fourth-order valence-corrected chi connectivity index (χ4v) is 5.80. The summed E-state index contributed by atoms with van der Waals surface area (Å²) in [6, 6.07) is 15.4. The van der Waals surface area contributed by atoms with Crippen molar-refractivity contribution in [1.29, 1.82) is 0 Å². The number of rotatable bonds is 8. The molecule has 184 valence electrons. The zero-order chi connectivity index (χ0) is 24.0. The molecule has 0 heterocycles. The third kappa shape index (κ3) is 6.56. The van der Waals surface area contributed by atoms with Crippen molar-refractivity contribution in [2.75, 3.05) is 6.61 Å². The second kappa shape index (κ2) is 11.6. The zero-order valence-corrected chi connectivity index (χ0v) is 20.8. The average molecular weight is 467 g/mol. The quantitative estimate of drug-likeness (QED) is 0.352. The smallest absolute Gasteiger partial charge is 0.316 e. The van der Waals surface area contributed by atoms with Crippen LogP contribution >= 0.6 is 0 Å². The Morgan fingerprint density at radius 1 is 0.794 bits per heavy atom. The van der Waals surface area contributed by atoms with E-state index in [2.05, 4.69) is 50.3 Å². The molecule has 0 spiro atoms. The second-order valence-electron chi connectivity index (χ2n) is 10.6. The molecule has 4 rings (SSSR count). The largest absolute Gasteiger partial charge is 0.383 e. The van der Waals surface area contributed by atoms with Gasteiger partial charge < -0.3 is 4.74 Å². The molecule has 0 N–H and O–H groups in total. The van der Waals surface area contributed by atoms with Crippen LogP contribution in [-0.4, -0.2) is 6.61 Å². The van der Waals surface area contributed by atoms with Crippen LogP contribution in [0.2, 0.25) is 0 Å². The Bertz CT molecular complexity index is 899. The lowest BCUT2D eigenvalue weighted by molar-refractivity contribution is -0.248. The number of allylic oxidation sites excluding steroid dienone is 2. The minimum Gasteiger partial charge on any atom is -0.316 e. The molecule has 1 nitrogen and oxygen atoms in total. The van der Waals surface area contributed by atoms with Crippen LogP contribution in [-0.2, 0) is 17.3 Å². The Morgan fingerprint density at radius 2 is 1.32 bits per heavy atom. The normalized spacial score (nSPS) is 26.1. The van der Waals surface area contributed by atoms with E-state index in [1.54, 1.807) is 12.1 Å². The van der Waals surface area contributed by atoms with Crippen LogP contribution in [0.4, 0.5) is 8.78 Å². The number of alkyl halides is 2. The highest BCUT2D eigenvalue weighted by Gasteiger charge is 2.33. The molecule has 0 aromatic heterocycles. The summed E-state index contributed by atoms with van der Waals surface area (Å²) >= 11 is 0. The number of benzene rings is 2. The molecule has 0 bridgehead atoms. The van der Waals surface area contributed by atoms with Crippen molar-refractivity contribution in [3.05, 3.63) is 82.9 Å². The van der Waals surface area contributed by atoms with Gasteiger partial charge in [0.2, 0.25) is 0 Å². The van der Waals surface area contributed by atoms with Crippen LogP contribution in [0, 0.1) is 11.8 Å². The highest BCUT2D eigenvalue weighted by Crippen LogP contribution is 2.38. The van der Waals surface area contributed by atoms with E-state index in [-0.39, 0.29) is 12.2 Å². The first-order valence-corrected chi connectivity index (χ1v) is 13.3. The molecule has 2 aliphatic rings. The molecule has 0 atom stereocenters. The summed E-state index contributed by atoms with van der Waals surface area (Å²) in [7, 11) is 0. The Labute approximate surface area is 204 Å². The van der Waals surface area contributed by atoms with Crippen molar-refractivity contribution < 1.29 is 13.5 Å². The van der Waals surface area contributed by atoms with E-state index in [9.17, 15) is 8.78 Å². The lowest BCUT2D eigenvalue weighted by atomic mass is 9.78. The first-order chi connectivity index (χ1) is 16.4. The molecular weight excluding hydrogens is 426 g/mol. The van der Waals surface area contributed by atoms with Crippen molar-refractivity contribution in [2.24, 2.45) is 11.8 Å². The average Bonchev–Trinajstić information content (AvgIpc) is 2.86. The molecule has 34 heavy (non-hydrogen) atoms. The second-order valence-corrected chi connectivity index (χ2v) is 10.6. The van der Waals surface area contributed by atoms with Crippen molar-refractivity contribution in [1.82, 2.24) is 0 Å². The predicted octanol–water partition coefficient (Wildman–Crippen LogP) is 9.14. The van der Waals surface area contributed by atoms with Crippen LogP contribution in [0.5, 0.6) is 0 Å². The van der Waals surface area contributed by atoms with Gasteiger partial charge in [-0.3, -0.25) is 0 Å². The van der Waals surface area contributed by atoms with Gasteiger partial charge in [-0.1, -0.05) is 80.4 Å². The monoisotopic (exact) mass is 466 g/mol. The fraction of sp³-hybridized carbons (Fsp3) is 0.548. The molecule has 3 heteroatoms. The van der Waals surface area contributed by atoms with Crippen LogP contribution in [0.25, 0.3) is 0 Å². The van der Waals surface area contributed by atoms with Crippen LogP contribution < -0.4 is 0 Å². The van der Waals surface area contributed by atoms with E-state index in [0.29, 0.717) is 24.2 Å². The van der Waals surface area contributed by atoms with E-state index >= 15 is 0 Å². The first kappa shape index (κ1) is 25.1. The number of halogens is 2. The molecule has 2 aromatic carbocycles. The molecule has 2 aliphatic carbocycles. The molecule has 0 aliphatic heterocycles. The summed E-state index contributed by atoms with van der Waals surface area (Å²) in [5.74, 6) is 2.64. The summed E-state index contributed by atoms with van der Waals surface area (Å²) in [4.78, 5) is 0. The van der Waals surface area contributed by atoms with Gasteiger partial charge in [-0.05, 0) is 92.2 Å². The Balaban J connectivity index is 1.25. The SMILES string of the molecule is CC=CC1CCC(c2ccc(C(F)(F)OCCc3ccc(C4CCC(C)CC4)cc3)cc2)CC1. The molecule has 0 radical (unpaired) electrons. The van der Waals surface area contributed by atoms with Gasteiger partial charge in [-0.2, -0.15) is 8.78 Å². The Kier molecular flexibility index (Phi) is 8.58. The predicted molar refractivity (Wildman–Crippen MR) is 136 cm³/mol. The van der Waals surface area contributed by atoms with Gasteiger partial charge in [0, 0.05) is 0 Å². The van der Waals surface area contributed by atoms with E-state index in [1.165, 1.54) is 49.7 Å². The van der Waals surface area contributed by atoms with Gasteiger partial charge in [-0.25, -0.2) is 0 Å². The van der Waals surface area contributed by atoms with Crippen LogP contribution in [0.15, 0.2) is 60.7 Å². The maximum Gasteiger partial charge on any atom is 0.383 e.